The fourth-order valence-corrected chi connectivity index (χ4v) is 5.11. The van der Waals surface area contributed by atoms with Gasteiger partial charge in [-0.25, -0.2) is 13.5 Å². The van der Waals surface area contributed by atoms with Gasteiger partial charge in [0.1, 0.15) is 0 Å². The zero-order valence-corrected chi connectivity index (χ0v) is 16.7. The van der Waals surface area contributed by atoms with Crippen molar-refractivity contribution < 1.29 is 18.4 Å². The molecule has 146 valence electrons. The molecule has 1 saturated heterocycles. The second-order valence-corrected chi connectivity index (χ2v) is 9.57. The third-order valence-electron chi connectivity index (χ3n) is 4.65. The zero-order chi connectivity index (χ0) is 19.3. The van der Waals surface area contributed by atoms with Crippen molar-refractivity contribution in [3.8, 4) is 0 Å². The molecule has 0 spiro atoms. The fourth-order valence-electron chi connectivity index (χ4n) is 3.23. The smallest absolute Gasteiger partial charge is 0.233 e. The molecule has 0 aliphatic carbocycles. The van der Waals surface area contributed by atoms with Gasteiger partial charge in [0.05, 0.1) is 11.8 Å². The number of carbonyl (C=O) groups is 1. The van der Waals surface area contributed by atoms with Crippen LogP contribution in [0.3, 0.4) is 0 Å². The number of halogens is 1. The van der Waals surface area contributed by atoms with Crippen LogP contribution in [0.4, 0.5) is 5.69 Å². The predicted octanol–water partition coefficient (Wildman–Crippen LogP) is 2.05. The summed E-state index contributed by atoms with van der Waals surface area (Å²) < 4.78 is 27.2. The van der Waals surface area contributed by atoms with Gasteiger partial charge >= 0.3 is 0 Å². The Balaban J connectivity index is 1.91. The standard InChI is InChI=1S/C17H26ClN3O4S/c1-14(12-20(23)13-22)11-15(2)26(24,25)21-9-7-19(8-10-21)17-5-3-16(18)4-6-17/h3-6,13-15,23H,7-12H2,1-2H3/t14?,15-/m0/s1. The Morgan fingerprint density at radius 1 is 1.19 bits per heavy atom. The maximum atomic E-state index is 12.8. The number of benzene rings is 1. The van der Waals surface area contributed by atoms with Crippen LogP contribution in [0.5, 0.6) is 0 Å². The Hall–Kier alpha value is -1.35. The Morgan fingerprint density at radius 3 is 2.31 bits per heavy atom. The first kappa shape index (κ1) is 21.0. The number of piperazine rings is 1. The normalized spacial score (nSPS) is 18.4. The number of nitrogens with zero attached hydrogens (tertiary/aromatic N) is 3. The molecule has 1 aromatic carbocycles. The van der Waals surface area contributed by atoms with E-state index < -0.39 is 15.3 Å². The summed E-state index contributed by atoms with van der Waals surface area (Å²) in [6, 6.07) is 7.52. The third kappa shape index (κ3) is 5.33. The monoisotopic (exact) mass is 403 g/mol. The SMILES string of the molecule is CC(C[C@H](C)S(=O)(=O)N1CCN(c2ccc(Cl)cc2)CC1)CN(O)C=O. The van der Waals surface area contributed by atoms with E-state index in [4.69, 9.17) is 11.6 Å². The van der Waals surface area contributed by atoms with Crippen LogP contribution >= 0.6 is 11.6 Å². The van der Waals surface area contributed by atoms with Gasteiger partial charge in [0.25, 0.3) is 0 Å². The number of anilines is 1. The molecule has 0 aromatic heterocycles. The number of sulfonamides is 1. The van der Waals surface area contributed by atoms with Crippen LogP contribution in [0.2, 0.25) is 5.02 Å². The van der Waals surface area contributed by atoms with Gasteiger partial charge in [0.15, 0.2) is 0 Å². The van der Waals surface area contributed by atoms with E-state index in [-0.39, 0.29) is 12.5 Å². The van der Waals surface area contributed by atoms with Crippen LogP contribution in [0.25, 0.3) is 0 Å². The maximum Gasteiger partial charge on any atom is 0.233 e. The molecule has 0 radical (unpaired) electrons. The van der Waals surface area contributed by atoms with Gasteiger partial charge in [-0.15, -0.1) is 0 Å². The van der Waals surface area contributed by atoms with Crippen molar-refractivity contribution in [2.24, 2.45) is 5.92 Å². The van der Waals surface area contributed by atoms with Gasteiger partial charge in [-0.05, 0) is 43.5 Å². The molecule has 0 bridgehead atoms. The van der Waals surface area contributed by atoms with Crippen molar-refractivity contribution in [2.45, 2.75) is 25.5 Å². The van der Waals surface area contributed by atoms with Crippen LogP contribution in [-0.2, 0) is 14.8 Å². The van der Waals surface area contributed by atoms with Crippen molar-refractivity contribution in [3.63, 3.8) is 0 Å². The number of hydroxylamine groups is 2. The second-order valence-electron chi connectivity index (χ2n) is 6.79. The van der Waals surface area contributed by atoms with E-state index in [9.17, 15) is 18.4 Å². The summed E-state index contributed by atoms with van der Waals surface area (Å²) in [5, 5.41) is 9.89. The highest BCUT2D eigenvalue weighted by molar-refractivity contribution is 7.89. The summed E-state index contributed by atoms with van der Waals surface area (Å²) in [5.74, 6) is -0.120. The summed E-state index contributed by atoms with van der Waals surface area (Å²) in [6.45, 7) is 5.73. The summed E-state index contributed by atoms with van der Waals surface area (Å²) in [7, 11) is -3.41. The fraction of sp³-hybridized carbons (Fsp3) is 0.588. The summed E-state index contributed by atoms with van der Waals surface area (Å²) in [4.78, 5) is 12.6. The average molecular weight is 404 g/mol. The summed E-state index contributed by atoms with van der Waals surface area (Å²) >= 11 is 5.91. The molecule has 26 heavy (non-hydrogen) atoms. The van der Waals surface area contributed by atoms with E-state index in [2.05, 4.69) is 4.90 Å². The summed E-state index contributed by atoms with van der Waals surface area (Å²) in [6.07, 6.45) is 0.705. The molecule has 9 heteroatoms. The molecule has 1 aromatic rings. The van der Waals surface area contributed by atoms with E-state index in [0.717, 1.165) is 5.69 Å². The number of hydrogen-bond donors (Lipinski definition) is 1. The van der Waals surface area contributed by atoms with E-state index in [1.54, 1.807) is 6.92 Å². The molecule has 1 aliphatic heterocycles. The van der Waals surface area contributed by atoms with E-state index in [1.807, 2.05) is 31.2 Å². The number of hydrogen-bond acceptors (Lipinski definition) is 5. The molecule has 1 unspecified atom stereocenters. The molecule has 2 rings (SSSR count). The van der Waals surface area contributed by atoms with Gasteiger partial charge in [-0.1, -0.05) is 18.5 Å². The van der Waals surface area contributed by atoms with Crippen molar-refractivity contribution in [1.82, 2.24) is 9.37 Å². The molecule has 1 N–H and O–H groups in total. The Morgan fingerprint density at radius 2 is 1.77 bits per heavy atom. The Bertz CT molecular complexity index is 690. The van der Waals surface area contributed by atoms with Crippen LogP contribution in [0.15, 0.2) is 24.3 Å². The number of rotatable bonds is 8. The first-order valence-corrected chi connectivity index (χ1v) is 10.5. The first-order chi connectivity index (χ1) is 12.2. The quantitative estimate of drug-likeness (QED) is 0.408. The lowest BCUT2D eigenvalue weighted by molar-refractivity contribution is -0.152. The maximum absolute atomic E-state index is 12.8. The molecule has 1 heterocycles. The van der Waals surface area contributed by atoms with Crippen LogP contribution in [-0.4, -0.2) is 67.4 Å². The van der Waals surface area contributed by atoms with Crippen molar-refractivity contribution in [1.29, 1.82) is 0 Å². The molecule has 1 fully saturated rings. The highest BCUT2D eigenvalue weighted by Gasteiger charge is 2.32. The van der Waals surface area contributed by atoms with E-state index in [1.165, 1.54) is 4.31 Å². The highest BCUT2D eigenvalue weighted by Crippen LogP contribution is 2.23. The summed E-state index contributed by atoms with van der Waals surface area (Å²) in [5.41, 5.74) is 1.03. The molecule has 1 amide bonds. The van der Waals surface area contributed by atoms with Gasteiger partial charge in [0.2, 0.25) is 16.4 Å². The molecule has 0 saturated carbocycles. The second kappa shape index (κ2) is 9.03. The number of carbonyl (C=O) groups excluding carboxylic acids is 1. The molecule has 1 aliphatic rings. The molecular weight excluding hydrogens is 378 g/mol. The van der Waals surface area contributed by atoms with Crippen molar-refractivity contribution >= 4 is 33.7 Å². The highest BCUT2D eigenvalue weighted by atomic mass is 35.5. The number of amides is 1. The van der Waals surface area contributed by atoms with Gasteiger partial charge in [-0.2, -0.15) is 4.31 Å². The minimum absolute atomic E-state index is 0.119. The lowest BCUT2D eigenvalue weighted by Gasteiger charge is -2.37. The topological polar surface area (TPSA) is 81.2 Å². The van der Waals surface area contributed by atoms with E-state index >= 15 is 0 Å². The van der Waals surface area contributed by atoms with Gasteiger partial charge in [-0.3, -0.25) is 10.0 Å². The third-order valence-corrected chi connectivity index (χ3v) is 7.20. The molecule has 7 nitrogen and oxygen atoms in total. The van der Waals surface area contributed by atoms with Crippen LogP contribution in [0, 0.1) is 5.92 Å². The lowest BCUT2D eigenvalue weighted by Crippen LogP contribution is -2.51. The lowest BCUT2D eigenvalue weighted by atomic mass is 10.1. The Labute approximate surface area is 160 Å². The average Bonchev–Trinajstić information content (AvgIpc) is 2.62. The van der Waals surface area contributed by atoms with Crippen LogP contribution < -0.4 is 4.90 Å². The minimum Gasteiger partial charge on any atom is -0.369 e. The largest absolute Gasteiger partial charge is 0.369 e. The van der Waals surface area contributed by atoms with Crippen LogP contribution in [0.1, 0.15) is 20.3 Å². The molecule has 2 atom stereocenters. The molecular formula is C17H26ClN3O4S. The van der Waals surface area contributed by atoms with Crippen molar-refractivity contribution in [2.75, 3.05) is 37.6 Å². The zero-order valence-electron chi connectivity index (χ0n) is 15.1. The van der Waals surface area contributed by atoms with E-state index in [0.29, 0.717) is 49.1 Å². The van der Waals surface area contributed by atoms with Crippen molar-refractivity contribution in [3.05, 3.63) is 29.3 Å². The van der Waals surface area contributed by atoms with Gasteiger partial charge in [0, 0.05) is 36.9 Å². The minimum atomic E-state index is -3.41. The Kier molecular flexibility index (Phi) is 7.28. The predicted molar refractivity (Wildman–Crippen MR) is 102 cm³/mol. The van der Waals surface area contributed by atoms with Gasteiger partial charge < -0.3 is 4.90 Å². The first-order valence-electron chi connectivity index (χ1n) is 8.64.